The number of hydrogen-bond donors (Lipinski definition) is 3. The van der Waals surface area contributed by atoms with Crippen molar-refractivity contribution in [1.29, 1.82) is 0 Å². The molecule has 0 bridgehead atoms. The average molecular weight is 778 g/mol. The molecule has 1 amide bonds. The van der Waals surface area contributed by atoms with E-state index in [2.05, 4.69) is 79.9 Å². The van der Waals surface area contributed by atoms with Gasteiger partial charge in [0.25, 0.3) is 0 Å². The Morgan fingerprint density at radius 1 is 0.648 bits per heavy atom. The van der Waals surface area contributed by atoms with Crippen LogP contribution in [0.3, 0.4) is 0 Å². The van der Waals surface area contributed by atoms with Crippen LogP contribution in [0.2, 0.25) is 0 Å². The normalized spacial score (nSPS) is 15.2. The highest BCUT2D eigenvalue weighted by Crippen LogP contribution is 2.43. The topological polar surface area (TPSA) is 105 Å². The highest BCUT2D eigenvalue weighted by atomic mass is 31.2. The predicted octanol–water partition coefficient (Wildman–Crippen LogP) is 11.6. The van der Waals surface area contributed by atoms with Gasteiger partial charge in [-0.1, -0.05) is 170 Å². The Bertz CT molecular complexity index is 1110. The molecule has 3 N–H and O–H groups in total. The second-order valence-electron chi connectivity index (χ2n) is 15.3. The minimum Gasteiger partial charge on any atom is -0.391 e. The van der Waals surface area contributed by atoms with Gasteiger partial charge in [0.2, 0.25) is 5.91 Å². The van der Waals surface area contributed by atoms with E-state index in [-0.39, 0.29) is 25.5 Å². The summed E-state index contributed by atoms with van der Waals surface area (Å²) in [7, 11) is 1.56. The van der Waals surface area contributed by atoms with Gasteiger partial charge in [-0.25, -0.2) is 4.57 Å². The van der Waals surface area contributed by atoms with Gasteiger partial charge in [-0.05, 0) is 51.4 Å². The van der Waals surface area contributed by atoms with E-state index in [1.165, 1.54) is 64.2 Å². The first kappa shape index (κ1) is 51.9. The zero-order valence-electron chi connectivity index (χ0n) is 35.2. The summed E-state index contributed by atoms with van der Waals surface area (Å²) in [5.41, 5.74) is 0. The lowest BCUT2D eigenvalue weighted by Crippen LogP contribution is -2.46. The smallest absolute Gasteiger partial charge is 0.391 e. The van der Waals surface area contributed by atoms with Gasteiger partial charge in [-0.3, -0.25) is 13.8 Å². The Kier molecular flexibility index (Phi) is 35.2. The van der Waals surface area contributed by atoms with Crippen molar-refractivity contribution in [1.82, 2.24) is 5.32 Å². The van der Waals surface area contributed by atoms with Crippen LogP contribution in [0.25, 0.3) is 0 Å². The van der Waals surface area contributed by atoms with Crippen LogP contribution in [0.15, 0.2) is 72.9 Å². The Balaban J connectivity index is 4.55. The summed E-state index contributed by atoms with van der Waals surface area (Å²) in [6.07, 6.45) is 48.0. The Morgan fingerprint density at radius 2 is 1.07 bits per heavy atom. The third kappa shape index (κ3) is 38.2. The van der Waals surface area contributed by atoms with Crippen LogP contribution >= 0.6 is 7.82 Å². The van der Waals surface area contributed by atoms with Crippen molar-refractivity contribution in [2.75, 3.05) is 40.9 Å². The molecule has 0 aromatic heterocycles. The minimum atomic E-state index is -4.33. The van der Waals surface area contributed by atoms with Crippen LogP contribution in [0.4, 0.5) is 0 Å². The summed E-state index contributed by atoms with van der Waals surface area (Å²) in [6, 6.07) is -0.803. The molecule has 3 unspecified atom stereocenters. The number of carbonyl (C=O) groups excluding carboxylic acids is 1. The second kappa shape index (κ2) is 36.6. The van der Waals surface area contributed by atoms with E-state index in [9.17, 15) is 19.4 Å². The Hall–Kier alpha value is -2.06. The number of quaternary nitrogens is 1. The number of nitrogens with zero attached hydrogens (tertiary/aromatic N) is 1. The molecule has 0 saturated heterocycles. The summed E-state index contributed by atoms with van der Waals surface area (Å²) in [6.45, 7) is 4.69. The molecule has 0 heterocycles. The molecule has 9 heteroatoms. The highest BCUT2D eigenvalue weighted by molar-refractivity contribution is 7.47. The quantitative estimate of drug-likeness (QED) is 0.0251. The van der Waals surface area contributed by atoms with Gasteiger partial charge in [0.15, 0.2) is 0 Å². The number of nitrogens with one attached hydrogen (secondary N) is 1. The first-order chi connectivity index (χ1) is 26.0. The monoisotopic (exact) mass is 778 g/mol. The number of rotatable bonds is 37. The SMILES string of the molecule is CC/C=C\C/C=C\C/C=C\C/C=C\C/C=C\C/C=C\CCC(=O)NC(COP(=O)(O)OCC[N+](C)(C)C)C(O)CCCCCCCCCCCCCCC. The summed E-state index contributed by atoms with van der Waals surface area (Å²) < 4.78 is 23.5. The molecule has 0 fully saturated rings. The van der Waals surface area contributed by atoms with E-state index in [0.717, 1.165) is 57.8 Å². The van der Waals surface area contributed by atoms with Gasteiger partial charge >= 0.3 is 7.82 Å². The van der Waals surface area contributed by atoms with Crippen LogP contribution in [0.1, 0.15) is 155 Å². The molecular formula is C45H82N2O6P+. The molecule has 0 radical (unpaired) electrons. The van der Waals surface area contributed by atoms with Gasteiger partial charge in [-0.2, -0.15) is 0 Å². The van der Waals surface area contributed by atoms with Crippen molar-refractivity contribution in [2.24, 2.45) is 0 Å². The van der Waals surface area contributed by atoms with E-state index in [1.807, 2.05) is 33.3 Å². The molecule has 312 valence electrons. The lowest BCUT2D eigenvalue weighted by molar-refractivity contribution is -0.870. The van der Waals surface area contributed by atoms with E-state index in [4.69, 9.17) is 9.05 Å². The maximum atomic E-state index is 12.8. The maximum Gasteiger partial charge on any atom is 0.472 e. The number of aliphatic hydroxyl groups excluding tert-OH is 1. The number of hydrogen-bond acceptors (Lipinski definition) is 5. The van der Waals surface area contributed by atoms with Gasteiger partial charge in [0.1, 0.15) is 13.2 Å². The number of carbonyl (C=O) groups is 1. The van der Waals surface area contributed by atoms with Crippen LogP contribution in [-0.2, 0) is 18.4 Å². The van der Waals surface area contributed by atoms with E-state index in [1.54, 1.807) is 0 Å². The molecule has 0 spiro atoms. The van der Waals surface area contributed by atoms with Gasteiger partial charge in [0, 0.05) is 6.42 Å². The molecular weight excluding hydrogens is 695 g/mol. The van der Waals surface area contributed by atoms with Crippen molar-refractivity contribution >= 4 is 13.7 Å². The number of aliphatic hydroxyl groups is 1. The van der Waals surface area contributed by atoms with Crippen molar-refractivity contribution in [3.63, 3.8) is 0 Å². The van der Waals surface area contributed by atoms with Crippen molar-refractivity contribution in [3.8, 4) is 0 Å². The number of allylic oxidation sites excluding steroid dienone is 12. The Morgan fingerprint density at radius 3 is 1.52 bits per heavy atom. The molecule has 0 aromatic rings. The molecule has 0 saturated carbocycles. The lowest BCUT2D eigenvalue weighted by Gasteiger charge is -2.26. The van der Waals surface area contributed by atoms with Gasteiger partial charge < -0.3 is 19.8 Å². The van der Waals surface area contributed by atoms with E-state index >= 15 is 0 Å². The van der Waals surface area contributed by atoms with Crippen molar-refractivity contribution in [3.05, 3.63) is 72.9 Å². The van der Waals surface area contributed by atoms with Gasteiger partial charge in [-0.15, -0.1) is 0 Å². The standard InChI is InChI=1S/C45H81N2O6P/c1-6-8-10-12-14-16-18-20-21-22-23-24-25-27-29-31-33-35-37-39-45(49)46-43(42-53-54(50,51)52-41-40-47(3,4)5)44(48)38-36-34-32-30-28-26-19-17-15-13-11-9-7-2/h8,10,14,16,20-21,23-24,27,29,33,35,43-44,48H,6-7,9,11-13,15,17-19,22,25-26,28,30-32,34,36-42H2,1-5H3,(H-,46,49,50,51)/p+1/b10-8-,16-14-,21-20-,24-23-,29-27-,35-33-. The molecule has 0 rings (SSSR count). The first-order valence-electron chi connectivity index (χ1n) is 21.3. The summed E-state index contributed by atoms with van der Waals surface area (Å²) in [5.74, 6) is -0.230. The van der Waals surface area contributed by atoms with Gasteiger partial charge in [0.05, 0.1) is 39.9 Å². The molecule has 0 aliphatic carbocycles. The fourth-order valence-corrected chi connectivity index (χ4v) is 6.33. The van der Waals surface area contributed by atoms with Crippen molar-refractivity contribution < 1.29 is 32.9 Å². The zero-order valence-corrected chi connectivity index (χ0v) is 36.1. The first-order valence-corrected chi connectivity index (χ1v) is 22.8. The van der Waals surface area contributed by atoms with Crippen LogP contribution in [-0.4, -0.2) is 73.4 Å². The molecule has 0 aliphatic heterocycles. The Labute approximate surface area is 332 Å². The van der Waals surface area contributed by atoms with E-state index in [0.29, 0.717) is 23.9 Å². The summed E-state index contributed by atoms with van der Waals surface area (Å²) in [5, 5.41) is 13.9. The summed E-state index contributed by atoms with van der Waals surface area (Å²) >= 11 is 0. The number of phosphoric ester groups is 1. The van der Waals surface area contributed by atoms with Crippen LogP contribution < -0.4 is 5.32 Å². The summed E-state index contributed by atoms with van der Waals surface area (Å²) in [4.78, 5) is 23.1. The number of likely N-dealkylation sites (N-methyl/N-ethyl adjacent to an activating group) is 1. The second-order valence-corrected chi connectivity index (χ2v) is 16.8. The molecule has 0 aliphatic rings. The van der Waals surface area contributed by atoms with E-state index < -0.39 is 20.0 Å². The predicted molar refractivity (Wildman–Crippen MR) is 230 cm³/mol. The fourth-order valence-electron chi connectivity index (χ4n) is 5.60. The maximum absolute atomic E-state index is 12.8. The molecule has 8 nitrogen and oxygen atoms in total. The molecule has 0 aromatic carbocycles. The molecule has 3 atom stereocenters. The third-order valence-corrected chi connectivity index (χ3v) is 9.97. The average Bonchev–Trinajstić information content (AvgIpc) is 3.12. The van der Waals surface area contributed by atoms with Crippen LogP contribution in [0.5, 0.6) is 0 Å². The zero-order chi connectivity index (χ0) is 40.0. The number of phosphoric acid groups is 1. The highest BCUT2D eigenvalue weighted by Gasteiger charge is 2.28. The van der Waals surface area contributed by atoms with Crippen LogP contribution in [0, 0.1) is 0 Å². The lowest BCUT2D eigenvalue weighted by atomic mass is 10.0. The minimum absolute atomic E-state index is 0.0573. The number of unbranched alkanes of at least 4 members (excludes halogenated alkanes) is 12. The third-order valence-electron chi connectivity index (χ3n) is 8.98. The largest absolute Gasteiger partial charge is 0.472 e. The fraction of sp³-hybridized carbons (Fsp3) is 0.711. The number of amides is 1. The van der Waals surface area contributed by atoms with Crippen molar-refractivity contribution in [2.45, 2.75) is 167 Å². The molecule has 54 heavy (non-hydrogen) atoms.